The second kappa shape index (κ2) is 4.80. The van der Waals surface area contributed by atoms with Crippen LogP contribution in [0, 0.1) is 5.92 Å². The summed E-state index contributed by atoms with van der Waals surface area (Å²) in [5.41, 5.74) is 1.23. The van der Waals surface area contributed by atoms with Crippen LogP contribution in [0.1, 0.15) is 30.1 Å². The fourth-order valence-electron chi connectivity index (χ4n) is 3.07. The highest BCUT2D eigenvalue weighted by Gasteiger charge is 2.39. The van der Waals surface area contributed by atoms with E-state index in [9.17, 15) is 4.79 Å². The number of nitrogens with zero attached hydrogens (tertiary/aromatic N) is 4. The molecule has 1 saturated carbocycles. The summed E-state index contributed by atoms with van der Waals surface area (Å²) in [4.78, 5) is 14.7. The van der Waals surface area contributed by atoms with E-state index in [4.69, 9.17) is 4.74 Å². The Bertz CT molecular complexity index is 679. The molecule has 0 aromatic carbocycles. The Kier molecular flexibility index (Phi) is 2.92. The van der Waals surface area contributed by atoms with Gasteiger partial charge in [0.1, 0.15) is 6.33 Å². The zero-order chi connectivity index (χ0) is 14.4. The van der Waals surface area contributed by atoms with Crippen molar-refractivity contribution in [3.8, 4) is 0 Å². The van der Waals surface area contributed by atoms with Crippen LogP contribution in [0.25, 0.3) is 5.65 Å². The van der Waals surface area contributed by atoms with E-state index in [0.29, 0.717) is 30.2 Å². The van der Waals surface area contributed by atoms with Crippen LogP contribution < -0.4 is 0 Å². The molecule has 21 heavy (non-hydrogen) atoms. The van der Waals surface area contributed by atoms with Crippen molar-refractivity contribution in [2.24, 2.45) is 5.92 Å². The lowest BCUT2D eigenvalue weighted by atomic mass is 10.1. The molecule has 3 heterocycles. The van der Waals surface area contributed by atoms with Crippen LogP contribution in [0.15, 0.2) is 24.7 Å². The van der Waals surface area contributed by atoms with Gasteiger partial charge in [-0.15, -0.1) is 10.2 Å². The zero-order valence-electron chi connectivity index (χ0n) is 12.0. The van der Waals surface area contributed by atoms with Crippen molar-refractivity contribution in [3.05, 3.63) is 30.2 Å². The topological polar surface area (TPSA) is 59.7 Å². The number of pyridine rings is 1. The van der Waals surface area contributed by atoms with E-state index in [1.807, 2.05) is 30.2 Å². The van der Waals surface area contributed by atoms with Crippen LogP contribution in [-0.4, -0.2) is 50.7 Å². The standard InChI is InChI=1S/C15H18N4O2/c1-10-7-19(8-13(21-10)11-4-5-11)15(20)12-3-2-6-18-9-16-17-14(12)18/h2-3,6,9-11,13H,4-5,7-8H2,1H3. The minimum absolute atomic E-state index is 0.0226. The van der Waals surface area contributed by atoms with Gasteiger partial charge in [-0.25, -0.2) is 0 Å². The third-order valence-corrected chi connectivity index (χ3v) is 4.27. The van der Waals surface area contributed by atoms with Crippen molar-refractivity contribution in [2.75, 3.05) is 13.1 Å². The molecule has 2 unspecified atom stereocenters. The molecule has 2 aliphatic rings. The van der Waals surface area contributed by atoms with Crippen LogP contribution in [0.3, 0.4) is 0 Å². The maximum absolute atomic E-state index is 12.8. The molecule has 0 radical (unpaired) electrons. The summed E-state index contributed by atoms with van der Waals surface area (Å²) in [6.45, 7) is 3.35. The molecular weight excluding hydrogens is 268 g/mol. The van der Waals surface area contributed by atoms with Crippen molar-refractivity contribution >= 4 is 11.6 Å². The van der Waals surface area contributed by atoms with Crippen LogP contribution in [-0.2, 0) is 4.74 Å². The first-order chi connectivity index (χ1) is 10.2. The summed E-state index contributed by atoms with van der Waals surface area (Å²) >= 11 is 0. The van der Waals surface area contributed by atoms with Gasteiger partial charge in [0.15, 0.2) is 5.65 Å². The normalized spacial score (nSPS) is 26.2. The first-order valence-electron chi connectivity index (χ1n) is 7.45. The van der Waals surface area contributed by atoms with Crippen molar-refractivity contribution in [3.63, 3.8) is 0 Å². The lowest BCUT2D eigenvalue weighted by Crippen LogP contribution is -2.50. The van der Waals surface area contributed by atoms with E-state index >= 15 is 0 Å². The Hall–Kier alpha value is -1.95. The van der Waals surface area contributed by atoms with Crippen LogP contribution in [0.4, 0.5) is 0 Å². The SMILES string of the molecule is CC1CN(C(=O)c2cccn3cnnc23)CC(C2CC2)O1. The van der Waals surface area contributed by atoms with E-state index in [0.717, 1.165) is 0 Å². The highest BCUT2D eigenvalue weighted by atomic mass is 16.5. The Balaban J connectivity index is 1.62. The predicted molar refractivity (Wildman–Crippen MR) is 75.9 cm³/mol. The summed E-state index contributed by atoms with van der Waals surface area (Å²) < 4.78 is 7.75. The maximum Gasteiger partial charge on any atom is 0.257 e. The predicted octanol–water partition coefficient (Wildman–Crippen LogP) is 1.37. The van der Waals surface area contributed by atoms with Crippen molar-refractivity contribution < 1.29 is 9.53 Å². The number of carbonyl (C=O) groups excluding carboxylic acids is 1. The molecule has 1 aliphatic carbocycles. The summed E-state index contributed by atoms with van der Waals surface area (Å²) in [5, 5.41) is 7.93. The quantitative estimate of drug-likeness (QED) is 0.836. The van der Waals surface area contributed by atoms with Crippen molar-refractivity contribution in [2.45, 2.75) is 32.0 Å². The molecular formula is C15H18N4O2. The highest BCUT2D eigenvalue weighted by Crippen LogP contribution is 2.36. The van der Waals surface area contributed by atoms with Crippen molar-refractivity contribution in [1.82, 2.24) is 19.5 Å². The van der Waals surface area contributed by atoms with E-state index < -0.39 is 0 Å². The van der Waals surface area contributed by atoms with E-state index in [1.165, 1.54) is 12.8 Å². The van der Waals surface area contributed by atoms with Gasteiger partial charge in [0.25, 0.3) is 5.91 Å². The number of fused-ring (bicyclic) bond motifs is 1. The third kappa shape index (κ3) is 2.29. The molecule has 1 saturated heterocycles. The van der Waals surface area contributed by atoms with Crippen LogP contribution in [0.2, 0.25) is 0 Å². The third-order valence-electron chi connectivity index (χ3n) is 4.27. The highest BCUT2D eigenvalue weighted by molar-refractivity contribution is 5.99. The van der Waals surface area contributed by atoms with Gasteiger partial charge in [-0.3, -0.25) is 9.20 Å². The molecule has 0 N–H and O–H groups in total. The number of amides is 1. The number of hydrogen-bond donors (Lipinski definition) is 0. The molecule has 1 amide bonds. The monoisotopic (exact) mass is 286 g/mol. The molecule has 1 aliphatic heterocycles. The molecule has 6 heteroatoms. The Morgan fingerprint density at radius 1 is 1.38 bits per heavy atom. The second-order valence-electron chi connectivity index (χ2n) is 6.02. The van der Waals surface area contributed by atoms with Gasteiger partial charge in [-0.1, -0.05) is 0 Å². The molecule has 6 nitrogen and oxygen atoms in total. The minimum Gasteiger partial charge on any atom is -0.371 e. The molecule has 2 atom stereocenters. The Morgan fingerprint density at radius 3 is 3.05 bits per heavy atom. The van der Waals surface area contributed by atoms with Crippen LogP contribution >= 0.6 is 0 Å². The number of ether oxygens (including phenoxy) is 1. The summed E-state index contributed by atoms with van der Waals surface area (Å²) in [6.07, 6.45) is 6.18. The second-order valence-corrected chi connectivity index (χ2v) is 6.02. The summed E-state index contributed by atoms with van der Waals surface area (Å²) in [6, 6.07) is 3.67. The summed E-state index contributed by atoms with van der Waals surface area (Å²) in [7, 11) is 0. The molecule has 0 spiro atoms. The Morgan fingerprint density at radius 2 is 2.24 bits per heavy atom. The molecule has 2 aromatic heterocycles. The van der Waals surface area contributed by atoms with E-state index in [-0.39, 0.29) is 18.1 Å². The fraction of sp³-hybridized carbons (Fsp3) is 0.533. The van der Waals surface area contributed by atoms with Crippen LogP contribution in [0.5, 0.6) is 0 Å². The van der Waals surface area contributed by atoms with E-state index in [2.05, 4.69) is 10.2 Å². The number of aromatic nitrogens is 3. The van der Waals surface area contributed by atoms with Crippen molar-refractivity contribution in [1.29, 1.82) is 0 Å². The fourth-order valence-corrected chi connectivity index (χ4v) is 3.07. The maximum atomic E-state index is 12.8. The van der Waals surface area contributed by atoms with E-state index in [1.54, 1.807) is 10.7 Å². The van der Waals surface area contributed by atoms with Gasteiger partial charge in [0.05, 0.1) is 17.8 Å². The first kappa shape index (κ1) is 12.8. The molecule has 4 rings (SSSR count). The molecule has 2 aromatic rings. The van der Waals surface area contributed by atoms with Gasteiger partial charge in [-0.05, 0) is 37.8 Å². The lowest BCUT2D eigenvalue weighted by molar-refractivity contribution is -0.0761. The number of morpholine rings is 1. The Labute approximate surface area is 122 Å². The molecule has 2 fully saturated rings. The minimum atomic E-state index is 0.0226. The molecule has 110 valence electrons. The zero-order valence-corrected chi connectivity index (χ0v) is 12.0. The smallest absolute Gasteiger partial charge is 0.257 e. The first-order valence-corrected chi connectivity index (χ1v) is 7.45. The summed E-state index contributed by atoms with van der Waals surface area (Å²) in [5.74, 6) is 0.654. The number of hydrogen-bond acceptors (Lipinski definition) is 4. The van der Waals surface area contributed by atoms with Gasteiger partial charge < -0.3 is 9.64 Å². The average Bonchev–Trinajstić information content (AvgIpc) is 3.23. The molecule has 0 bridgehead atoms. The lowest BCUT2D eigenvalue weighted by Gasteiger charge is -2.37. The van der Waals surface area contributed by atoms with Gasteiger partial charge in [0.2, 0.25) is 0 Å². The number of rotatable bonds is 2. The number of carbonyl (C=O) groups is 1. The van der Waals surface area contributed by atoms with Gasteiger partial charge >= 0.3 is 0 Å². The largest absolute Gasteiger partial charge is 0.371 e. The van der Waals surface area contributed by atoms with Gasteiger partial charge in [0, 0.05) is 19.3 Å². The average molecular weight is 286 g/mol. The van der Waals surface area contributed by atoms with Gasteiger partial charge in [-0.2, -0.15) is 0 Å².